The maximum Gasteiger partial charge on any atom is 0.261 e. The number of fused-ring (bicyclic) bond motifs is 30. The fraction of sp³-hybridized carbons (Fsp3) is 0.154. The van der Waals surface area contributed by atoms with Gasteiger partial charge in [-0.3, -0.25) is 72.8 Å². The van der Waals surface area contributed by atoms with Gasteiger partial charge in [0, 0.05) is 70.8 Å². The molecule has 3 aliphatic heterocycles. The molecule has 18 nitrogen and oxygen atoms in total. The number of benzene rings is 7. The zero-order valence-electron chi connectivity index (χ0n) is 50.9. The number of carbonyl (C=O) groups is 9. The van der Waals surface area contributed by atoms with Crippen LogP contribution in [0.1, 0.15) is 231 Å². The van der Waals surface area contributed by atoms with E-state index in [9.17, 15) is 43.2 Å². The SMILES string of the molecule is O=C(Nc1cncc(CN2C(=O)c3cc4c(cc3C2=O)C2CC4c3c4c(c5c(c32)C2CC5c3cc5c(cc32)C(=O)N(Cc2cncc(NC(=O)c3ccccc3)c2)C5=O)C2CC4c3cc4c(cc32)C(=O)N(Cc2cncc(NC(=O)c3ccccc3)c2)C4=O)c1)c1ccccc1. The molecule has 96 heavy (non-hydrogen) atoms. The highest BCUT2D eigenvalue weighted by Crippen LogP contribution is 2.72. The number of imide groups is 3. The van der Waals surface area contributed by atoms with Crippen molar-refractivity contribution in [2.45, 2.75) is 74.4 Å². The standard InChI is InChI=1S/C78H51N9O9/c88-70(40-10-4-1-5-11-40)82-43-16-37(28-79-31-43)34-85-73(91)58-19-46-47(20-59(58)74(85)92)53-25-52(46)64-65(53)67-55-27-57(51-24-63-61(22-49(51)55)76(94)87(78(63)96)36-39-18-45(33-81-30-39)84-72(90)42-14-8-3-9-15-42)69(67)68-56-26-54(66(64)68)48-21-60-62(23-50(48)56)77(95)86(75(60)93)35-38-17-44(32-80-29-38)83-71(89)41-12-6-2-7-13-41/h1-24,28-33,52-57H,25-27,34-36H2,(H,82,88)(H,83,89)(H,84,90). The largest absolute Gasteiger partial charge is 0.321 e. The van der Waals surface area contributed by atoms with Crippen molar-refractivity contribution in [1.29, 1.82) is 0 Å². The molecule has 6 aliphatic carbocycles. The van der Waals surface area contributed by atoms with Crippen LogP contribution in [0.3, 0.4) is 0 Å². The van der Waals surface area contributed by atoms with Gasteiger partial charge in [-0.2, -0.15) is 0 Å². The number of hydrogen-bond acceptors (Lipinski definition) is 12. The van der Waals surface area contributed by atoms with Gasteiger partial charge in [0.2, 0.25) is 0 Å². The van der Waals surface area contributed by atoms with E-state index in [1.54, 1.807) is 110 Å². The van der Waals surface area contributed by atoms with Gasteiger partial charge in [-0.05, 0) is 194 Å². The molecule has 462 valence electrons. The predicted octanol–water partition coefficient (Wildman–Crippen LogP) is 12.0. The Morgan fingerprint density at radius 3 is 0.750 bits per heavy atom. The molecule has 0 saturated carbocycles. The summed E-state index contributed by atoms with van der Waals surface area (Å²) in [6.07, 6.45) is 11.5. The zero-order chi connectivity index (χ0) is 64.7. The molecule has 6 bridgehead atoms. The first-order valence-corrected chi connectivity index (χ1v) is 32.1. The lowest BCUT2D eigenvalue weighted by atomic mass is 9.68. The minimum atomic E-state index is -0.418. The maximum absolute atomic E-state index is 14.7. The number of aromatic nitrogens is 3. The van der Waals surface area contributed by atoms with Crippen LogP contribution in [0.2, 0.25) is 0 Å². The van der Waals surface area contributed by atoms with Gasteiger partial charge in [-0.15, -0.1) is 0 Å². The van der Waals surface area contributed by atoms with Crippen LogP contribution in [-0.4, -0.2) is 82.8 Å². The molecule has 6 heterocycles. The summed E-state index contributed by atoms with van der Waals surface area (Å²) < 4.78 is 0. The summed E-state index contributed by atoms with van der Waals surface area (Å²) in [5, 5.41) is 8.64. The smallest absolute Gasteiger partial charge is 0.261 e. The summed E-state index contributed by atoms with van der Waals surface area (Å²) in [5.41, 5.74) is 19.6. The van der Waals surface area contributed by atoms with Crippen LogP contribution in [0.25, 0.3) is 0 Å². The molecule has 19 rings (SSSR count). The molecule has 6 unspecified atom stereocenters. The number of carbonyl (C=O) groups excluding carboxylic acids is 9. The Balaban J connectivity index is 0.673. The highest BCUT2D eigenvalue weighted by Gasteiger charge is 2.59. The first kappa shape index (κ1) is 55.5. The summed E-state index contributed by atoms with van der Waals surface area (Å²) >= 11 is 0. The fourth-order valence-electron chi connectivity index (χ4n) is 17.4. The molecule has 0 radical (unpaired) electrons. The lowest BCUT2D eigenvalue weighted by Gasteiger charge is -2.35. The first-order chi connectivity index (χ1) is 46.8. The molecule has 0 saturated heterocycles. The number of nitrogens with zero attached hydrogens (tertiary/aromatic N) is 6. The van der Waals surface area contributed by atoms with Crippen LogP contribution in [0.4, 0.5) is 17.1 Å². The van der Waals surface area contributed by atoms with E-state index in [0.717, 1.165) is 52.6 Å². The Morgan fingerprint density at radius 2 is 0.531 bits per heavy atom. The van der Waals surface area contributed by atoms with E-state index in [1.165, 1.54) is 66.7 Å². The fourth-order valence-corrected chi connectivity index (χ4v) is 17.4. The summed E-state index contributed by atoms with van der Waals surface area (Å²) in [6.45, 7) is -0.203. The van der Waals surface area contributed by atoms with Gasteiger partial charge in [0.1, 0.15) is 0 Å². The third-order valence-corrected chi connectivity index (χ3v) is 21.3. The normalized spacial score (nSPS) is 20.1. The van der Waals surface area contributed by atoms with Crippen LogP contribution in [0.15, 0.2) is 183 Å². The van der Waals surface area contributed by atoms with E-state index < -0.39 is 35.4 Å². The molecule has 6 atom stereocenters. The van der Waals surface area contributed by atoms with E-state index in [4.69, 9.17) is 0 Å². The molecular formula is C78H51N9O9. The van der Waals surface area contributed by atoms with Crippen molar-refractivity contribution in [2.24, 2.45) is 0 Å². The van der Waals surface area contributed by atoms with Gasteiger partial charge in [0.15, 0.2) is 0 Å². The van der Waals surface area contributed by atoms with E-state index >= 15 is 0 Å². The van der Waals surface area contributed by atoms with E-state index in [-0.39, 0.29) is 72.9 Å². The Kier molecular flexibility index (Phi) is 11.8. The monoisotopic (exact) mass is 1260 g/mol. The summed E-state index contributed by atoms with van der Waals surface area (Å²) in [7, 11) is 0. The quantitative estimate of drug-likeness (QED) is 0.0968. The van der Waals surface area contributed by atoms with E-state index in [1.807, 2.05) is 54.6 Å². The van der Waals surface area contributed by atoms with E-state index in [2.05, 4.69) is 30.9 Å². The number of hydrogen-bond donors (Lipinski definition) is 3. The molecular weight excluding hydrogens is 1210 g/mol. The zero-order valence-corrected chi connectivity index (χ0v) is 50.9. The molecule has 0 spiro atoms. The van der Waals surface area contributed by atoms with Crippen molar-refractivity contribution in [3.8, 4) is 0 Å². The molecule has 18 heteroatoms. The van der Waals surface area contributed by atoms with Crippen LogP contribution in [-0.2, 0) is 19.6 Å². The number of pyridine rings is 3. The Labute approximate surface area is 547 Å². The van der Waals surface area contributed by atoms with Gasteiger partial charge in [0.05, 0.1) is 88.7 Å². The lowest BCUT2D eigenvalue weighted by molar-refractivity contribution is 0.0627. The first-order valence-electron chi connectivity index (χ1n) is 32.1. The van der Waals surface area contributed by atoms with E-state index in [0.29, 0.717) is 83.8 Å². The molecule has 9 aliphatic rings. The number of rotatable bonds is 12. The van der Waals surface area contributed by atoms with Crippen molar-refractivity contribution in [3.63, 3.8) is 0 Å². The highest BCUT2D eigenvalue weighted by molar-refractivity contribution is 6.23. The van der Waals surface area contributed by atoms with Gasteiger partial charge in [-0.1, -0.05) is 54.6 Å². The predicted molar refractivity (Wildman–Crippen MR) is 349 cm³/mol. The van der Waals surface area contributed by atoms with Crippen molar-refractivity contribution in [2.75, 3.05) is 16.0 Å². The van der Waals surface area contributed by atoms with Crippen LogP contribution >= 0.6 is 0 Å². The number of anilines is 3. The second-order valence-corrected chi connectivity index (χ2v) is 26.4. The molecule has 0 fully saturated rings. The average Bonchev–Trinajstić information content (AvgIpc) is 1.47. The summed E-state index contributed by atoms with van der Waals surface area (Å²) in [6, 6.07) is 43.1. The minimum absolute atomic E-state index is 0.0678. The van der Waals surface area contributed by atoms with Crippen LogP contribution in [0, 0.1) is 0 Å². The molecule has 3 aromatic heterocycles. The Hall–Kier alpha value is -12.2. The Morgan fingerprint density at radius 1 is 0.312 bits per heavy atom. The van der Waals surface area contributed by atoms with Crippen molar-refractivity contribution in [3.05, 3.63) is 316 Å². The maximum atomic E-state index is 14.7. The Bertz CT molecular complexity index is 4610. The lowest BCUT2D eigenvalue weighted by Crippen LogP contribution is -2.29. The second-order valence-electron chi connectivity index (χ2n) is 26.4. The van der Waals surface area contributed by atoms with Crippen molar-refractivity contribution in [1.82, 2.24) is 29.7 Å². The molecule has 10 aromatic rings. The molecule has 7 aromatic carbocycles. The van der Waals surface area contributed by atoms with Crippen molar-refractivity contribution >= 4 is 70.2 Å². The van der Waals surface area contributed by atoms with Crippen LogP contribution < -0.4 is 16.0 Å². The van der Waals surface area contributed by atoms with Gasteiger partial charge >= 0.3 is 0 Å². The van der Waals surface area contributed by atoms with Gasteiger partial charge in [-0.25, -0.2) is 0 Å². The summed E-state index contributed by atoms with van der Waals surface area (Å²) in [5.74, 6) is -4.31. The molecule has 3 N–H and O–H groups in total. The third-order valence-electron chi connectivity index (χ3n) is 21.3. The van der Waals surface area contributed by atoms with Gasteiger partial charge < -0.3 is 16.0 Å². The van der Waals surface area contributed by atoms with Gasteiger partial charge in [0.25, 0.3) is 53.2 Å². The number of amides is 9. The average molecular weight is 1260 g/mol. The molecule has 9 amide bonds. The number of nitrogens with one attached hydrogen (secondary N) is 3. The van der Waals surface area contributed by atoms with Crippen LogP contribution in [0.5, 0.6) is 0 Å². The minimum Gasteiger partial charge on any atom is -0.321 e. The highest BCUT2D eigenvalue weighted by atomic mass is 16.2. The topological polar surface area (TPSA) is 238 Å². The van der Waals surface area contributed by atoms with Crippen molar-refractivity contribution < 1.29 is 43.2 Å². The third kappa shape index (κ3) is 8.04. The summed E-state index contributed by atoms with van der Waals surface area (Å²) in [4.78, 5) is 144. The second kappa shape index (κ2) is 20.4.